The Labute approximate surface area is 88.4 Å². The van der Waals surface area contributed by atoms with Crippen molar-refractivity contribution in [3.05, 3.63) is 24.5 Å². The molecule has 1 aliphatic heterocycles. The largest absolute Gasteiger partial charge is 0.379 e. The number of likely N-dealkylation sites (N-methyl/N-ethyl adjacent to an activating group) is 1. The topological polar surface area (TPSA) is 55.3 Å². The minimum atomic E-state index is -0.114. The molecule has 0 bridgehead atoms. The number of rotatable bonds is 3. The molecule has 2 heterocycles. The summed E-state index contributed by atoms with van der Waals surface area (Å²) in [7, 11) is 1.84. The molecule has 2 atom stereocenters. The van der Waals surface area contributed by atoms with Gasteiger partial charge in [0, 0.05) is 18.4 Å². The van der Waals surface area contributed by atoms with Crippen molar-refractivity contribution in [3.8, 4) is 0 Å². The molecule has 5 heteroatoms. The summed E-state index contributed by atoms with van der Waals surface area (Å²) in [4.78, 5) is 11.8. The van der Waals surface area contributed by atoms with Crippen LogP contribution >= 0.6 is 0 Å². The first-order valence-corrected chi connectivity index (χ1v) is 5.00. The van der Waals surface area contributed by atoms with Gasteiger partial charge in [0.25, 0.3) is 0 Å². The number of carbonyl (C=O) groups is 1. The van der Waals surface area contributed by atoms with E-state index in [1.54, 1.807) is 17.1 Å². The maximum Gasteiger partial charge on any atom is 0.245 e. The van der Waals surface area contributed by atoms with Crippen LogP contribution in [0.4, 0.5) is 0 Å². The van der Waals surface area contributed by atoms with Gasteiger partial charge in [-0.15, -0.1) is 0 Å². The van der Waals surface area contributed by atoms with Gasteiger partial charge in [0.05, 0.1) is 19.1 Å². The highest BCUT2D eigenvalue weighted by Gasteiger charge is 2.32. The molecule has 0 radical (unpaired) electrons. The molecule has 1 aromatic rings. The van der Waals surface area contributed by atoms with Crippen LogP contribution in [0.1, 0.15) is 0 Å². The number of hydrogen-bond donors (Lipinski definition) is 2. The highest BCUT2D eigenvalue weighted by atomic mass is 16.5. The number of nitrogens with one attached hydrogen (secondary N) is 2. The molecule has 1 fully saturated rings. The molecule has 0 spiro atoms. The number of aromatic nitrogens is 1. The molecule has 0 saturated carbocycles. The van der Waals surface area contributed by atoms with Crippen LogP contribution < -0.4 is 10.7 Å². The van der Waals surface area contributed by atoms with E-state index >= 15 is 0 Å². The van der Waals surface area contributed by atoms with Gasteiger partial charge in [-0.25, -0.2) is 0 Å². The fourth-order valence-corrected chi connectivity index (χ4v) is 1.72. The van der Waals surface area contributed by atoms with Crippen LogP contribution in [0.2, 0.25) is 0 Å². The van der Waals surface area contributed by atoms with Crippen molar-refractivity contribution in [1.82, 2.24) is 9.99 Å². The summed E-state index contributed by atoms with van der Waals surface area (Å²) in [6, 6.07) is 3.84. The van der Waals surface area contributed by atoms with E-state index in [0.717, 1.165) is 0 Å². The van der Waals surface area contributed by atoms with Crippen LogP contribution in [0.15, 0.2) is 24.5 Å². The molecule has 1 saturated heterocycles. The highest BCUT2D eigenvalue weighted by molar-refractivity contribution is 5.87. The minimum absolute atomic E-state index is 0.0111. The van der Waals surface area contributed by atoms with E-state index in [4.69, 9.17) is 4.74 Å². The van der Waals surface area contributed by atoms with Crippen molar-refractivity contribution in [1.29, 1.82) is 0 Å². The molecule has 2 rings (SSSR count). The Bertz CT molecular complexity index is 323. The van der Waals surface area contributed by atoms with E-state index < -0.39 is 0 Å². The molecule has 0 aliphatic carbocycles. The molecule has 15 heavy (non-hydrogen) atoms. The predicted octanol–water partition coefficient (Wildman–Crippen LogP) is -0.207. The van der Waals surface area contributed by atoms with Crippen LogP contribution in [-0.2, 0) is 9.53 Å². The molecule has 82 valence electrons. The molecule has 5 nitrogen and oxygen atoms in total. The van der Waals surface area contributed by atoms with E-state index in [1.807, 2.05) is 19.2 Å². The van der Waals surface area contributed by atoms with Crippen molar-refractivity contribution in [2.24, 2.45) is 5.92 Å². The number of nitrogens with zero attached hydrogens (tertiary/aromatic N) is 1. The first-order chi connectivity index (χ1) is 7.31. The van der Waals surface area contributed by atoms with Gasteiger partial charge in [-0.1, -0.05) is 0 Å². The first kappa shape index (κ1) is 10.2. The molecular formula is C10H15N3O2. The van der Waals surface area contributed by atoms with Crippen LogP contribution in [-0.4, -0.2) is 36.9 Å². The van der Waals surface area contributed by atoms with Gasteiger partial charge in [0.1, 0.15) is 0 Å². The third-order valence-electron chi connectivity index (χ3n) is 2.63. The van der Waals surface area contributed by atoms with Crippen molar-refractivity contribution in [2.75, 3.05) is 25.7 Å². The van der Waals surface area contributed by atoms with Crippen molar-refractivity contribution in [3.63, 3.8) is 0 Å². The third-order valence-corrected chi connectivity index (χ3v) is 2.63. The SMILES string of the molecule is CNC1COCC1C(=O)Nn1cccc1. The summed E-state index contributed by atoms with van der Waals surface area (Å²) in [5, 5.41) is 3.08. The Balaban J connectivity index is 1.96. The zero-order valence-corrected chi connectivity index (χ0v) is 8.64. The van der Waals surface area contributed by atoms with Gasteiger partial charge in [0.15, 0.2) is 0 Å². The summed E-state index contributed by atoms with van der Waals surface area (Å²) >= 11 is 0. The molecule has 1 aromatic heterocycles. The van der Waals surface area contributed by atoms with Crippen LogP contribution in [0.5, 0.6) is 0 Å². The molecule has 1 aliphatic rings. The number of amides is 1. The number of hydrogen-bond acceptors (Lipinski definition) is 3. The monoisotopic (exact) mass is 209 g/mol. The van der Waals surface area contributed by atoms with E-state index in [9.17, 15) is 4.79 Å². The van der Waals surface area contributed by atoms with Crippen LogP contribution in [0.25, 0.3) is 0 Å². The van der Waals surface area contributed by atoms with E-state index in [1.165, 1.54) is 0 Å². The molecular weight excluding hydrogens is 194 g/mol. The highest BCUT2D eigenvalue weighted by Crippen LogP contribution is 2.13. The zero-order chi connectivity index (χ0) is 10.7. The number of ether oxygens (including phenoxy) is 1. The van der Waals surface area contributed by atoms with Gasteiger partial charge in [0.2, 0.25) is 5.91 Å². The minimum Gasteiger partial charge on any atom is -0.379 e. The summed E-state index contributed by atoms with van der Waals surface area (Å²) in [6.07, 6.45) is 3.59. The molecule has 0 aromatic carbocycles. The van der Waals surface area contributed by atoms with Gasteiger partial charge in [-0.2, -0.15) is 0 Å². The van der Waals surface area contributed by atoms with E-state index in [-0.39, 0.29) is 17.9 Å². The average Bonchev–Trinajstić information content (AvgIpc) is 2.86. The lowest BCUT2D eigenvalue weighted by Crippen LogP contribution is -2.41. The lowest BCUT2D eigenvalue weighted by molar-refractivity contribution is -0.121. The van der Waals surface area contributed by atoms with Crippen molar-refractivity contribution < 1.29 is 9.53 Å². The van der Waals surface area contributed by atoms with Crippen molar-refractivity contribution in [2.45, 2.75) is 6.04 Å². The maximum atomic E-state index is 11.8. The summed E-state index contributed by atoms with van der Waals surface area (Å²) in [5.74, 6) is -0.125. The first-order valence-electron chi connectivity index (χ1n) is 5.00. The van der Waals surface area contributed by atoms with Gasteiger partial charge in [-0.05, 0) is 19.2 Å². The Hall–Kier alpha value is -1.33. The Morgan fingerprint density at radius 3 is 2.80 bits per heavy atom. The Kier molecular flexibility index (Phi) is 3.03. The van der Waals surface area contributed by atoms with Gasteiger partial charge in [-0.3, -0.25) is 14.9 Å². The zero-order valence-electron chi connectivity index (χ0n) is 8.64. The van der Waals surface area contributed by atoms with Crippen molar-refractivity contribution >= 4 is 5.91 Å². The second kappa shape index (κ2) is 4.46. The maximum absolute atomic E-state index is 11.8. The second-order valence-corrected chi connectivity index (χ2v) is 3.61. The summed E-state index contributed by atoms with van der Waals surface area (Å²) in [6.45, 7) is 1.08. The summed E-state index contributed by atoms with van der Waals surface area (Å²) in [5.41, 5.74) is 2.79. The van der Waals surface area contributed by atoms with Gasteiger partial charge < -0.3 is 10.1 Å². The van der Waals surface area contributed by atoms with Crippen LogP contribution in [0, 0.1) is 5.92 Å². The lowest BCUT2D eigenvalue weighted by Gasteiger charge is -2.16. The second-order valence-electron chi connectivity index (χ2n) is 3.61. The molecule has 2 N–H and O–H groups in total. The Morgan fingerprint density at radius 2 is 2.13 bits per heavy atom. The quantitative estimate of drug-likeness (QED) is 0.724. The molecule has 2 unspecified atom stereocenters. The third kappa shape index (κ3) is 2.19. The average molecular weight is 209 g/mol. The number of carbonyl (C=O) groups excluding carboxylic acids is 1. The fraction of sp³-hybridized carbons (Fsp3) is 0.500. The Morgan fingerprint density at radius 1 is 1.40 bits per heavy atom. The molecule has 1 amide bonds. The smallest absolute Gasteiger partial charge is 0.245 e. The van der Waals surface area contributed by atoms with E-state index in [2.05, 4.69) is 10.7 Å². The fourth-order valence-electron chi connectivity index (χ4n) is 1.72. The standard InChI is InChI=1S/C10H15N3O2/c1-11-9-7-15-6-8(9)10(14)12-13-4-2-3-5-13/h2-5,8-9,11H,6-7H2,1H3,(H,12,14). The predicted molar refractivity (Wildman–Crippen MR) is 56.0 cm³/mol. The van der Waals surface area contributed by atoms with Crippen LogP contribution in [0.3, 0.4) is 0 Å². The van der Waals surface area contributed by atoms with Gasteiger partial charge >= 0.3 is 0 Å². The lowest BCUT2D eigenvalue weighted by atomic mass is 10.0. The summed E-state index contributed by atoms with van der Waals surface area (Å²) < 4.78 is 6.91. The van der Waals surface area contributed by atoms with E-state index in [0.29, 0.717) is 13.2 Å². The normalized spacial score (nSPS) is 25.4.